The molecule has 3 aliphatic rings. The first-order valence-electron chi connectivity index (χ1n) is 13.8. The standard InChI is InChI=1S/C28H51NO4/c1-5-6-7-8-9-10-11-12-13-14-15-16-17-18-19-28(33,25(30)31)29-24-21-22-20-23(26(22,2)3)27(24,4)32/h22-23,32-33H,5-21H2,1-4H3,(H,30,31)/t22-,23-,27-,28?/m0/s1. The molecule has 0 amide bonds. The van der Waals surface area contributed by atoms with Gasteiger partial charge in [-0.25, -0.2) is 9.79 Å². The number of aliphatic hydroxyl groups is 2. The molecule has 0 saturated heterocycles. The molecule has 0 heterocycles. The van der Waals surface area contributed by atoms with Gasteiger partial charge in [0, 0.05) is 12.1 Å². The molecule has 0 aliphatic heterocycles. The van der Waals surface area contributed by atoms with Crippen molar-refractivity contribution in [1.29, 1.82) is 0 Å². The molecule has 0 aromatic heterocycles. The Morgan fingerprint density at radius 2 is 1.36 bits per heavy atom. The lowest BCUT2D eigenvalue weighted by Crippen LogP contribution is -2.65. The Morgan fingerprint density at radius 3 is 1.76 bits per heavy atom. The van der Waals surface area contributed by atoms with Crippen LogP contribution in [0.4, 0.5) is 0 Å². The van der Waals surface area contributed by atoms with Crippen LogP contribution in [-0.4, -0.2) is 38.3 Å². The van der Waals surface area contributed by atoms with E-state index in [1.807, 2.05) is 0 Å². The fourth-order valence-electron chi connectivity index (χ4n) is 6.12. The highest BCUT2D eigenvalue weighted by Gasteiger charge is 2.62. The number of hydrogen-bond donors (Lipinski definition) is 3. The molecule has 0 radical (unpaired) electrons. The SMILES string of the molecule is CCCCCCCCCCCCCCCCC(O)(N=C1C[C@@H]2C[C@@H](C2(C)C)[C@]1(C)O)C(=O)O. The van der Waals surface area contributed by atoms with Gasteiger partial charge in [-0.05, 0) is 43.4 Å². The summed E-state index contributed by atoms with van der Waals surface area (Å²) in [4.78, 5) is 16.1. The molecule has 0 aromatic rings. The van der Waals surface area contributed by atoms with Crippen LogP contribution in [0.3, 0.4) is 0 Å². The Hall–Kier alpha value is -0.940. The zero-order valence-electron chi connectivity index (χ0n) is 21.9. The maximum absolute atomic E-state index is 11.9. The number of aliphatic imine (C=N–C) groups is 1. The third-order valence-electron chi connectivity index (χ3n) is 8.71. The minimum Gasteiger partial charge on any atom is -0.478 e. The summed E-state index contributed by atoms with van der Waals surface area (Å²) in [5.41, 5.74) is -2.75. The summed E-state index contributed by atoms with van der Waals surface area (Å²) < 4.78 is 0. The highest BCUT2D eigenvalue weighted by atomic mass is 16.4. The summed E-state index contributed by atoms with van der Waals surface area (Å²) >= 11 is 0. The largest absolute Gasteiger partial charge is 0.478 e. The average Bonchev–Trinajstić information content (AvgIpc) is 2.74. The second-order valence-corrected chi connectivity index (χ2v) is 11.7. The third kappa shape index (κ3) is 7.52. The minimum absolute atomic E-state index is 0.0402. The Bertz CT molecular complexity index is 642. The molecule has 192 valence electrons. The van der Waals surface area contributed by atoms with E-state index in [9.17, 15) is 20.1 Å². The van der Waals surface area contributed by atoms with E-state index >= 15 is 0 Å². The molecule has 4 atom stereocenters. The number of unbranched alkanes of at least 4 members (excludes halogenated alkanes) is 13. The van der Waals surface area contributed by atoms with E-state index in [1.54, 1.807) is 6.92 Å². The van der Waals surface area contributed by atoms with E-state index in [-0.39, 0.29) is 17.8 Å². The van der Waals surface area contributed by atoms with Crippen molar-refractivity contribution >= 4 is 11.7 Å². The van der Waals surface area contributed by atoms with Crippen molar-refractivity contribution in [2.75, 3.05) is 0 Å². The van der Waals surface area contributed by atoms with Crippen molar-refractivity contribution in [2.24, 2.45) is 22.2 Å². The molecular weight excluding hydrogens is 414 g/mol. The Kier molecular flexibility index (Phi) is 10.9. The van der Waals surface area contributed by atoms with Crippen LogP contribution in [0.25, 0.3) is 0 Å². The van der Waals surface area contributed by atoms with Crippen LogP contribution in [0.15, 0.2) is 4.99 Å². The Balaban J connectivity index is 1.64. The lowest BCUT2D eigenvalue weighted by atomic mass is 9.44. The van der Waals surface area contributed by atoms with E-state index in [0.717, 1.165) is 19.3 Å². The second kappa shape index (κ2) is 12.7. The summed E-state index contributed by atoms with van der Waals surface area (Å²) in [7, 11) is 0. The van der Waals surface area contributed by atoms with Crippen LogP contribution in [0.2, 0.25) is 0 Å². The Labute approximate surface area is 202 Å². The topological polar surface area (TPSA) is 90.1 Å². The van der Waals surface area contributed by atoms with Gasteiger partial charge in [0.05, 0.1) is 0 Å². The van der Waals surface area contributed by atoms with Gasteiger partial charge in [0.15, 0.2) is 0 Å². The van der Waals surface area contributed by atoms with E-state index < -0.39 is 17.3 Å². The quantitative estimate of drug-likeness (QED) is 0.204. The zero-order chi connectivity index (χ0) is 24.5. The fraction of sp³-hybridized carbons (Fsp3) is 0.929. The summed E-state index contributed by atoms with van der Waals surface area (Å²) in [6.07, 6.45) is 18.8. The number of carboxylic acids is 1. The van der Waals surface area contributed by atoms with Gasteiger partial charge in [0.25, 0.3) is 5.72 Å². The number of hydrogen-bond acceptors (Lipinski definition) is 4. The zero-order valence-corrected chi connectivity index (χ0v) is 21.9. The van der Waals surface area contributed by atoms with Crippen molar-refractivity contribution in [3.8, 4) is 0 Å². The summed E-state index contributed by atoms with van der Waals surface area (Å²) in [6, 6.07) is 0. The molecule has 3 N–H and O–H groups in total. The van der Waals surface area contributed by atoms with Crippen LogP contribution in [0, 0.1) is 17.3 Å². The number of fused-ring (bicyclic) bond motifs is 2. The number of aliphatic carboxylic acids is 1. The first-order chi connectivity index (χ1) is 15.6. The maximum atomic E-state index is 11.9. The molecular formula is C28H51NO4. The van der Waals surface area contributed by atoms with Gasteiger partial charge >= 0.3 is 5.97 Å². The smallest absolute Gasteiger partial charge is 0.359 e. The molecule has 3 rings (SSSR count). The molecule has 3 fully saturated rings. The molecule has 5 heteroatoms. The fourth-order valence-corrected chi connectivity index (χ4v) is 6.12. The molecule has 3 saturated carbocycles. The molecule has 5 nitrogen and oxygen atoms in total. The van der Waals surface area contributed by atoms with E-state index in [0.29, 0.717) is 24.5 Å². The molecule has 3 aliphatic carbocycles. The van der Waals surface area contributed by atoms with Crippen LogP contribution in [0.5, 0.6) is 0 Å². The summed E-state index contributed by atoms with van der Waals surface area (Å²) in [5, 5.41) is 31.6. The highest BCUT2D eigenvalue weighted by Crippen LogP contribution is 2.61. The summed E-state index contributed by atoms with van der Waals surface area (Å²) in [6.45, 7) is 8.32. The number of carbonyl (C=O) groups is 1. The second-order valence-electron chi connectivity index (χ2n) is 11.7. The van der Waals surface area contributed by atoms with E-state index in [2.05, 4.69) is 25.8 Å². The highest BCUT2D eigenvalue weighted by molar-refractivity contribution is 5.96. The lowest BCUT2D eigenvalue weighted by molar-refractivity contribution is -0.159. The first-order valence-corrected chi connectivity index (χ1v) is 13.8. The van der Waals surface area contributed by atoms with Crippen LogP contribution in [0.1, 0.15) is 137 Å². The van der Waals surface area contributed by atoms with Gasteiger partial charge in [-0.3, -0.25) is 0 Å². The normalized spacial score (nSPS) is 29.0. The molecule has 2 bridgehead atoms. The molecule has 1 unspecified atom stereocenters. The van der Waals surface area contributed by atoms with Gasteiger partial charge in [-0.15, -0.1) is 0 Å². The van der Waals surface area contributed by atoms with Crippen molar-refractivity contribution in [3.05, 3.63) is 0 Å². The van der Waals surface area contributed by atoms with Crippen molar-refractivity contribution in [3.63, 3.8) is 0 Å². The third-order valence-corrected chi connectivity index (χ3v) is 8.71. The number of carboxylic acid groups (broad SMARTS) is 1. The molecule has 33 heavy (non-hydrogen) atoms. The van der Waals surface area contributed by atoms with Gasteiger partial charge < -0.3 is 15.3 Å². The van der Waals surface area contributed by atoms with Crippen molar-refractivity contribution in [1.82, 2.24) is 0 Å². The van der Waals surface area contributed by atoms with Gasteiger partial charge in [0.1, 0.15) is 5.60 Å². The van der Waals surface area contributed by atoms with Gasteiger partial charge in [0.2, 0.25) is 0 Å². The Morgan fingerprint density at radius 1 is 0.909 bits per heavy atom. The van der Waals surface area contributed by atoms with Gasteiger partial charge in [-0.2, -0.15) is 0 Å². The van der Waals surface area contributed by atoms with Crippen molar-refractivity contribution < 1.29 is 20.1 Å². The monoisotopic (exact) mass is 465 g/mol. The van der Waals surface area contributed by atoms with Crippen LogP contribution >= 0.6 is 0 Å². The molecule has 0 aromatic carbocycles. The van der Waals surface area contributed by atoms with Crippen LogP contribution in [-0.2, 0) is 4.79 Å². The lowest BCUT2D eigenvalue weighted by Gasteiger charge is -2.62. The van der Waals surface area contributed by atoms with Crippen LogP contribution < -0.4 is 0 Å². The first kappa shape index (κ1) is 28.3. The van der Waals surface area contributed by atoms with Gasteiger partial charge in [-0.1, -0.05) is 104 Å². The average molecular weight is 466 g/mol. The van der Waals surface area contributed by atoms with Crippen molar-refractivity contribution in [2.45, 2.75) is 148 Å². The predicted molar refractivity (Wildman–Crippen MR) is 136 cm³/mol. The minimum atomic E-state index is -2.12. The maximum Gasteiger partial charge on any atom is 0.359 e. The van der Waals surface area contributed by atoms with E-state index in [4.69, 9.17) is 0 Å². The number of nitrogens with zero attached hydrogens (tertiary/aromatic N) is 1. The predicted octanol–water partition coefficient (Wildman–Crippen LogP) is 6.89. The number of rotatable bonds is 17. The molecule has 0 spiro atoms. The van der Waals surface area contributed by atoms with E-state index in [1.165, 1.54) is 70.6 Å². The summed E-state index contributed by atoms with van der Waals surface area (Å²) in [5.74, 6) is -0.832.